The molecule has 3 N–H and O–H groups in total. The number of carbonyl (C=O) groups is 1. The molecular weight excluding hydrogens is 276 g/mol. The van der Waals surface area contributed by atoms with Gasteiger partial charge >= 0.3 is 0 Å². The summed E-state index contributed by atoms with van der Waals surface area (Å²) in [6.07, 6.45) is -0.122. The summed E-state index contributed by atoms with van der Waals surface area (Å²) in [7, 11) is 0. The molecule has 0 aromatic heterocycles. The van der Waals surface area contributed by atoms with Gasteiger partial charge in [0.25, 0.3) is 0 Å². The molecule has 1 rings (SSSR count). The zero-order chi connectivity index (χ0) is 15.0. The third-order valence-electron chi connectivity index (χ3n) is 2.49. The van der Waals surface area contributed by atoms with Gasteiger partial charge in [0.1, 0.15) is 11.6 Å². The van der Waals surface area contributed by atoms with Crippen LogP contribution in [0.2, 0.25) is 0 Å². The lowest BCUT2D eigenvalue weighted by molar-refractivity contribution is -0.123. The molecule has 1 atom stereocenters. The van der Waals surface area contributed by atoms with Gasteiger partial charge in [-0.25, -0.2) is 0 Å². The molecule has 6 heteroatoms. The van der Waals surface area contributed by atoms with Crippen molar-refractivity contribution in [2.75, 3.05) is 25.1 Å². The van der Waals surface area contributed by atoms with E-state index in [0.717, 1.165) is 0 Å². The van der Waals surface area contributed by atoms with Crippen molar-refractivity contribution in [3.63, 3.8) is 0 Å². The summed E-state index contributed by atoms with van der Waals surface area (Å²) in [6, 6.07) is 7.06. The minimum absolute atomic E-state index is 0.0223. The summed E-state index contributed by atoms with van der Waals surface area (Å²) in [5, 5.41) is 2.73. The molecule has 0 heterocycles. The first-order valence-electron chi connectivity index (χ1n) is 6.42. The molecule has 5 nitrogen and oxygen atoms in total. The second kappa shape index (κ2) is 8.63. The first kappa shape index (κ1) is 16.6. The summed E-state index contributed by atoms with van der Waals surface area (Å²) < 4.78 is 10.6. The maximum absolute atomic E-state index is 11.7. The number of rotatable bonds is 8. The number of ether oxygens (including phenoxy) is 2. The molecule has 0 aliphatic rings. The molecule has 1 aromatic rings. The van der Waals surface area contributed by atoms with E-state index in [1.54, 1.807) is 24.3 Å². The number of nitrogens with two attached hydrogens (primary N) is 1. The van der Waals surface area contributed by atoms with Crippen LogP contribution in [0, 0.1) is 0 Å². The van der Waals surface area contributed by atoms with Gasteiger partial charge in [-0.2, -0.15) is 0 Å². The molecule has 1 unspecified atom stereocenters. The molecule has 0 saturated carbocycles. The van der Waals surface area contributed by atoms with Crippen molar-refractivity contribution in [3.8, 4) is 0 Å². The molecule has 0 aliphatic carbocycles. The molecule has 0 spiro atoms. The van der Waals surface area contributed by atoms with Gasteiger partial charge in [-0.3, -0.25) is 4.79 Å². The third-order valence-corrected chi connectivity index (χ3v) is 2.72. The van der Waals surface area contributed by atoms with E-state index in [1.165, 1.54) is 0 Å². The van der Waals surface area contributed by atoms with Gasteiger partial charge in [-0.15, -0.1) is 0 Å². The molecule has 0 bridgehead atoms. The Balaban J connectivity index is 2.42. The van der Waals surface area contributed by atoms with Gasteiger partial charge in [0, 0.05) is 17.9 Å². The van der Waals surface area contributed by atoms with Crippen molar-refractivity contribution >= 4 is 28.8 Å². The molecule has 20 heavy (non-hydrogen) atoms. The lowest BCUT2D eigenvalue weighted by Gasteiger charge is -2.13. The van der Waals surface area contributed by atoms with Crippen LogP contribution in [0.3, 0.4) is 0 Å². The van der Waals surface area contributed by atoms with Gasteiger partial charge in [0.15, 0.2) is 0 Å². The van der Waals surface area contributed by atoms with Crippen LogP contribution < -0.4 is 11.1 Å². The van der Waals surface area contributed by atoms with E-state index in [9.17, 15) is 4.79 Å². The molecule has 0 saturated heterocycles. The maximum atomic E-state index is 11.7. The zero-order valence-electron chi connectivity index (χ0n) is 11.7. The molecule has 0 fully saturated rings. The average Bonchev–Trinajstić information content (AvgIpc) is 2.43. The number of carbonyl (C=O) groups excluding carboxylic acids is 1. The van der Waals surface area contributed by atoms with Crippen molar-refractivity contribution in [2.45, 2.75) is 20.0 Å². The standard InChI is InChI=1S/C14H20N2O3S/c1-3-18-8-10(2)19-9-13(17)16-12-6-4-5-11(7-12)14(15)20/h4-7,10H,3,8-9H2,1-2H3,(H2,15,20)(H,16,17). The maximum Gasteiger partial charge on any atom is 0.250 e. The number of nitrogens with one attached hydrogen (secondary N) is 1. The highest BCUT2D eigenvalue weighted by Gasteiger charge is 2.07. The number of anilines is 1. The summed E-state index contributed by atoms with van der Waals surface area (Å²) in [4.78, 5) is 12.0. The van der Waals surface area contributed by atoms with Gasteiger partial charge in [0.05, 0.1) is 12.7 Å². The minimum atomic E-state index is -0.228. The number of amides is 1. The van der Waals surface area contributed by atoms with E-state index < -0.39 is 0 Å². The predicted octanol–water partition coefficient (Wildman–Crippen LogP) is 1.70. The van der Waals surface area contributed by atoms with E-state index >= 15 is 0 Å². The number of hydrogen-bond donors (Lipinski definition) is 2. The van der Waals surface area contributed by atoms with Crippen LogP contribution in [0.4, 0.5) is 5.69 Å². The van der Waals surface area contributed by atoms with Gasteiger partial charge in [-0.05, 0) is 26.0 Å². The highest BCUT2D eigenvalue weighted by atomic mass is 32.1. The molecule has 110 valence electrons. The number of benzene rings is 1. The molecule has 1 amide bonds. The van der Waals surface area contributed by atoms with Crippen LogP contribution in [0.5, 0.6) is 0 Å². The summed E-state index contributed by atoms with van der Waals surface area (Å²) >= 11 is 4.89. The smallest absolute Gasteiger partial charge is 0.250 e. The van der Waals surface area contributed by atoms with Crippen LogP contribution >= 0.6 is 12.2 Å². The van der Waals surface area contributed by atoms with Crippen molar-refractivity contribution < 1.29 is 14.3 Å². The van der Waals surface area contributed by atoms with Crippen LogP contribution in [-0.4, -0.2) is 36.8 Å². The van der Waals surface area contributed by atoms with Crippen molar-refractivity contribution in [2.24, 2.45) is 5.73 Å². The second-order valence-corrected chi connectivity index (χ2v) is 4.71. The predicted molar refractivity (Wildman–Crippen MR) is 82.9 cm³/mol. The van der Waals surface area contributed by atoms with Gasteiger partial charge in [0.2, 0.25) is 5.91 Å². The van der Waals surface area contributed by atoms with E-state index in [1.807, 2.05) is 13.8 Å². The zero-order valence-corrected chi connectivity index (χ0v) is 12.5. The Bertz CT molecular complexity index is 465. The average molecular weight is 296 g/mol. The Morgan fingerprint density at radius 2 is 2.25 bits per heavy atom. The van der Waals surface area contributed by atoms with Gasteiger partial charge in [-0.1, -0.05) is 24.4 Å². The summed E-state index contributed by atoms with van der Waals surface area (Å²) in [6.45, 7) is 4.85. The Labute approximate surface area is 124 Å². The summed E-state index contributed by atoms with van der Waals surface area (Å²) in [5.74, 6) is -0.228. The molecular formula is C14H20N2O3S. The van der Waals surface area contributed by atoms with Crippen LogP contribution in [0.15, 0.2) is 24.3 Å². The fourth-order valence-electron chi connectivity index (χ4n) is 1.50. The topological polar surface area (TPSA) is 73.6 Å². The molecule has 0 aliphatic heterocycles. The van der Waals surface area contributed by atoms with E-state index in [2.05, 4.69) is 5.32 Å². The Kier molecular flexibility index (Phi) is 7.14. The highest BCUT2D eigenvalue weighted by Crippen LogP contribution is 2.10. The van der Waals surface area contributed by atoms with Crippen LogP contribution in [0.25, 0.3) is 0 Å². The summed E-state index contributed by atoms with van der Waals surface area (Å²) in [5.41, 5.74) is 6.89. The fourth-order valence-corrected chi connectivity index (χ4v) is 1.62. The number of hydrogen-bond acceptors (Lipinski definition) is 4. The minimum Gasteiger partial charge on any atom is -0.389 e. The molecule has 0 radical (unpaired) electrons. The Morgan fingerprint density at radius 1 is 1.50 bits per heavy atom. The highest BCUT2D eigenvalue weighted by molar-refractivity contribution is 7.80. The third kappa shape index (κ3) is 6.10. The van der Waals surface area contributed by atoms with Gasteiger partial charge < -0.3 is 20.5 Å². The van der Waals surface area contributed by atoms with E-state index in [0.29, 0.717) is 29.5 Å². The van der Waals surface area contributed by atoms with Crippen LogP contribution in [-0.2, 0) is 14.3 Å². The SMILES string of the molecule is CCOCC(C)OCC(=O)Nc1cccc(C(N)=S)c1. The first-order chi connectivity index (χ1) is 9.52. The van der Waals surface area contributed by atoms with E-state index in [4.69, 9.17) is 27.4 Å². The normalized spacial score (nSPS) is 11.9. The molecule has 1 aromatic carbocycles. The Hall–Kier alpha value is -1.50. The lowest BCUT2D eigenvalue weighted by atomic mass is 10.2. The van der Waals surface area contributed by atoms with Crippen LogP contribution in [0.1, 0.15) is 19.4 Å². The van der Waals surface area contributed by atoms with Crippen molar-refractivity contribution in [3.05, 3.63) is 29.8 Å². The number of thiocarbonyl (C=S) groups is 1. The monoisotopic (exact) mass is 296 g/mol. The fraction of sp³-hybridized carbons (Fsp3) is 0.429. The largest absolute Gasteiger partial charge is 0.389 e. The van der Waals surface area contributed by atoms with Crippen molar-refractivity contribution in [1.29, 1.82) is 0 Å². The first-order valence-corrected chi connectivity index (χ1v) is 6.82. The Morgan fingerprint density at radius 3 is 2.90 bits per heavy atom. The lowest BCUT2D eigenvalue weighted by Crippen LogP contribution is -2.24. The van der Waals surface area contributed by atoms with Crippen molar-refractivity contribution in [1.82, 2.24) is 0 Å². The van der Waals surface area contributed by atoms with E-state index in [-0.39, 0.29) is 18.6 Å². The quantitative estimate of drug-likeness (QED) is 0.714. The second-order valence-electron chi connectivity index (χ2n) is 4.27.